The molecule has 0 aliphatic carbocycles. The molecule has 4 rings (SSSR count). The summed E-state index contributed by atoms with van der Waals surface area (Å²) >= 11 is 7.29. The predicted octanol–water partition coefficient (Wildman–Crippen LogP) is 6.17. The Labute approximate surface area is 235 Å². The van der Waals surface area contributed by atoms with Gasteiger partial charge in [-0.1, -0.05) is 47.5 Å². The molecular formula is C29H24ClN3O5S. The fourth-order valence-corrected chi connectivity index (χ4v) is 4.88. The zero-order chi connectivity index (χ0) is 27.9. The van der Waals surface area contributed by atoms with Gasteiger partial charge in [0.15, 0.2) is 18.1 Å². The van der Waals surface area contributed by atoms with Gasteiger partial charge in [-0.2, -0.15) is 5.26 Å². The number of hydrogen-bond acceptors (Lipinski definition) is 7. The molecule has 1 fully saturated rings. The number of thioether (sulfide) groups is 1. The van der Waals surface area contributed by atoms with Crippen molar-refractivity contribution < 1.29 is 23.9 Å². The Morgan fingerprint density at radius 1 is 1.13 bits per heavy atom. The van der Waals surface area contributed by atoms with Crippen LogP contribution in [-0.4, -0.2) is 35.2 Å². The van der Waals surface area contributed by atoms with Crippen LogP contribution in [0, 0.1) is 18.3 Å². The second-order valence-electron chi connectivity index (χ2n) is 8.50. The maximum atomic E-state index is 13.0. The summed E-state index contributed by atoms with van der Waals surface area (Å²) in [6, 6.07) is 19.4. The van der Waals surface area contributed by atoms with E-state index in [0.29, 0.717) is 34.7 Å². The number of nitrogens with one attached hydrogen (secondary N) is 1. The number of nitrogens with zero attached hydrogens (tertiary/aromatic N) is 2. The van der Waals surface area contributed by atoms with Crippen molar-refractivity contribution in [2.45, 2.75) is 20.4 Å². The summed E-state index contributed by atoms with van der Waals surface area (Å²) in [6.07, 6.45) is 1.55. The normalized spacial score (nSPS) is 13.9. The number of rotatable bonds is 9. The van der Waals surface area contributed by atoms with Crippen molar-refractivity contribution in [3.63, 3.8) is 0 Å². The first-order valence-electron chi connectivity index (χ1n) is 12.0. The molecule has 1 aliphatic rings. The molecule has 0 saturated carbocycles. The minimum absolute atomic E-state index is 0.00583. The maximum Gasteiger partial charge on any atom is 0.293 e. The highest BCUT2D eigenvalue weighted by molar-refractivity contribution is 8.18. The van der Waals surface area contributed by atoms with E-state index < -0.39 is 11.1 Å². The van der Waals surface area contributed by atoms with Gasteiger partial charge < -0.3 is 14.8 Å². The van der Waals surface area contributed by atoms with Gasteiger partial charge in [-0.3, -0.25) is 19.3 Å². The summed E-state index contributed by atoms with van der Waals surface area (Å²) in [7, 11) is 0. The van der Waals surface area contributed by atoms with Crippen molar-refractivity contribution in [1.82, 2.24) is 4.90 Å². The number of anilines is 1. The Morgan fingerprint density at radius 2 is 1.87 bits per heavy atom. The molecule has 0 spiro atoms. The van der Waals surface area contributed by atoms with Crippen molar-refractivity contribution in [2.75, 3.05) is 18.5 Å². The second kappa shape index (κ2) is 12.5. The van der Waals surface area contributed by atoms with E-state index in [1.807, 2.05) is 19.1 Å². The van der Waals surface area contributed by atoms with E-state index in [2.05, 4.69) is 11.4 Å². The topological polar surface area (TPSA) is 109 Å². The Hall–Kier alpha value is -4.26. The molecule has 3 aromatic rings. The molecule has 198 valence electrons. The van der Waals surface area contributed by atoms with Crippen molar-refractivity contribution in [3.8, 4) is 17.6 Å². The smallest absolute Gasteiger partial charge is 0.293 e. The van der Waals surface area contributed by atoms with E-state index in [0.717, 1.165) is 22.2 Å². The number of hydrogen-bond donors (Lipinski definition) is 1. The number of imide groups is 1. The molecule has 3 aromatic carbocycles. The third-order valence-electron chi connectivity index (χ3n) is 5.65. The standard InChI is InChI=1S/C29H24ClN3O5S/c1-3-37-24-13-19(12-23(30)27(24)38-17-26(34)32-22-10-8-18(2)9-11-22)14-25-28(35)33(29(36)39-25)16-21-7-5-4-6-20(21)15-31/h4-14H,3,16-17H2,1-2H3,(H,32,34)/b25-14+. The van der Waals surface area contributed by atoms with Gasteiger partial charge in [0, 0.05) is 5.69 Å². The third-order valence-corrected chi connectivity index (χ3v) is 6.84. The molecule has 0 atom stereocenters. The molecule has 0 radical (unpaired) electrons. The van der Waals surface area contributed by atoms with Gasteiger partial charge >= 0.3 is 0 Å². The number of carbonyl (C=O) groups excluding carboxylic acids is 3. The number of halogens is 1. The Balaban J connectivity index is 1.50. The van der Waals surface area contributed by atoms with Crippen LogP contribution in [0.4, 0.5) is 10.5 Å². The molecule has 1 aliphatic heterocycles. The minimum atomic E-state index is -0.472. The summed E-state index contributed by atoms with van der Waals surface area (Å²) in [4.78, 5) is 39.3. The van der Waals surface area contributed by atoms with Crippen LogP contribution in [0.2, 0.25) is 5.02 Å². The predicted molar refractivity (Wildman–Crippen MR) is 151 cm³/mol. The van der Waals surface area contributed by atoms with Gasteiger partial charge in [-0.15, -0.1) is 0 Å². The van der Waals surface area contributed by atoms with E-state index in [-0.39, 0.29) is 34.7 Å². The van der Waals surface area contributed by atoms with Crippen LogP contribution >= 0.6 is 23.4 Å². The summed E-state index contributed by atoms with van der Waals surface area (Å²) in [5.41, 5.74) is 3.22. The van der Waals surface area contributed by atoms with Crippen LogP contribution in [-0.2, 0) is 16.1 Å². The van der Waals surface area contributed by atoms with Crippen molar-refractivity contribution in [3.05, 3.63) is 92.8 Å². The fourth-order valence-electron chi connectivity index (χ4n) is 3.77. The highest BCUT2D eigenvalue weighted by atomic mass is 35.5. The SMILES string of the molecule is CCOc1cc(/C=C2/SC(=O)N(Cc3ccccc3C#N)C2=O)cc(Cl)c1OCC(=O)Nc1ccc(C)cc1. The molecule has 1 heterocycles. The Morgan fingerprint density at radius 3 is 2.59 bits per heavy atom. The third kappa shape index (κ3) is 6.79. The van der Waals surface area contributed by atoms with E-state index in [4.69, 9.17) is 21.1 Å². The zero-order valence-corrected chi connectivity index (χ0v) is 22.8. The zero-order valence-electron chi connectivity index (χ0n) is 21.2. The molecular weight excluding hydrogens is 538 g/mol. The average Bonchev–Trinajstić information content (AvgIpc) is 3.17. The van der Waals surface area contributed by atoms with Crippen molar-refractivity contribution in [2.24, 2.45) is 0 Å². The molecule has 0 unspecified atom stereocenters. The lowest BCUT2D eigenvalue weighted by Gasteiger charge is -2.15. The molecule has 0 bridgehead atoms. The summed E-state index contributed by atoms with van der Waals surface area (Å²) in [6.45, 7) is 3.75. The van der Waals surface area contributed by atoms with E-state index >= 15 is 0 Å². The van der Waals surface area contributed by atoms with Gasteiger partial charge in [0.1, 0.15) is 0 Å². The number of ether oxygens (including phenoxy) is 2. The largest absolute Gasteiger partial charge is 0.490 e. The molecule has 8 nitrogen and oxygen atoms in total. The first-order chi connectivity index (χ1) is 18.8. The first-order valence-corrected chi connectivity index (χ1v) is 13.2. The van der Waals surface area contributed by atoms with Gasteiger partial charge in [-0.05, 0) is 73.1 Å². The second-order valence-corrected chi connectivity index (χ2v) is 9.90. The molecule has 1 saturated heterocycles. The lowest BCUT2D eigenvalue weighted by molar-refractivity contribution is -0.123. The van der Waals surface area contributed by atoms with Crippen LogP contribution in [0.3, 0.4) is 0 Å². The molecule has 39 heavy (non-hydrogen) atoms. The number of carbonyl (C=O) groups is 3. The quantitative estimate of drug-likeness (QED) is 0.311. The average molecular weight is 562 g/mol. The van der Waals surface area contributed by atoms with Gasteiger partial charge in [0.2, 0.25) is 0 Å². The number of benzene rings is 3. The number of amides is 3. The van der Waals surface area contributed by atoms with Gasteiger partial charge in [0.05, 0.1) is 34.7 Å². The van der Waals surface area contributed by atoms with Crippen molar-refractivity contribution >= 4 is 52.2 Å². The highest BCUT2D eigenvalue weighted by Crippen LogP contribution is 2.39. The number of aryl methyl sites for hydroxylation is 1. The number of nitriles is 1. The fraction of sp³-hybridized carbons (Fsp3) is 0.172. The molecule has 0 aromatic heterocycles. The van der Waals surface area contributed by atoms with Crippen molar-refractivity contribution in [1.29, 1.82) is 5.26 Å². The van der Waals surface area contributed by atoms with Gasteiger partial charge in [0.25, 0.3) is 17.1 Å². The monoisotopic (exact) mass is 561 g/mol. The van der Waals surface area contributed by atoms with Crippen LogP contribution < -0.4 is 14.8 Å². The van der Waals surface area contributed by atoms with E-state index in [9.17, 15) is 19.6 Å². The van der Waals surface area contributed by atoms with Crippen LogP contribution in [0.5, 0.6) is 11.5 Å². The van der Waals surface area contributed by atoms with Crippen LogP contribution in [0.1, 0.15) is 29.2 Å². The van der Waals surface area contributed by atoms with Gasteiger partial charge in [-0.25, -0.2) is 0 Å². The lowest BCUT2D eigenvalue weighted by Crippen LogP contribution is -2.27. The summed E-state index contributed by atoms with van der Waals surface area (Å²) < 4.78 is 11.4. The minimum Gasteiger partial charge on any atom is -0.490 e. The highest BCUT2D eigenvalue weighted by Gasteiger charge is 2.35. The summed E-state index contributed by atoms with van der Waals surface area (Å²) in [5.74, 6) is -0.356. The van der Waals surface area contributed by atoms with Crippen LogP contribution in [0.15, 0.2) is 65.6 Å². The molecule has 10 heteroatoms. The van der Waals surface area contributed by atoms with E-state index in [1.54, 1.807) is 61.5 Å². The van der Waals surface area contributed by atoms with E-state index in [1.165, 1.54) is 0 Å². The first kappa shape index (κ1) is 27.8. The lowest BCUT2D eigenvalue weighted by atomic mass is 10.1. The Kier molecular flexibility index (Phi) is 8.92. The molecule has 1 N–H and O–H groups in total. The van der Waals surface area contributed by atoms with Crippen LogP contribution in [0.25, 0.3) is 6.08 Å². The molecule has 3 amide bonds. The Bertz CT molecular complexity index is 1500. The maximum absolute atomic E-state index is 13.0. The summed E-state index contributed by atoms with van der Waals surface area (Å²) in [5, 5.41) is 11.8.